The van der Waals surface area contributed by atoms with Gasteiger partial charge in [-0.25, -0.2) is 0 Å². The summed E-state index contributed by atoms with van der Waals surface area (Å²) in [5.41, 5.74) is 1.93. The molecule has 0 bridgehead atoms. The van der Waals surface area contributed by atoms with Crippen molar-refractivity contribution >= 4 is 17.7 Å². The van der Waals surface area contributed by atoms with Gasteiger partial charge in [0, 0.05) is 11.3 Å². The van der Waals surface area contributed by atoms with Crippen molar-refractivity contribution in [2.45, 2.75) is 39.0 Å². The highest BCUT2D eigenvalue weighted by Gasteiger charge is 2.12. The van der Waals surface area contributed by atoms with Crippen LogP contribution < -0.4 is 5.32 Å². The van der Waals surface area contributed by atoms with Crippen molar-refractivity contribution in [3.8, 4) is 0 Å². The van der Waals surface area contributed by atoms with Crippen LogP contribution in [0.2, 0.25) is 0 Å². The molecule has 0 spiro atoms. The van der Waals surface area contributed by atoms with Crippen LogP contribution in [0.25, 0.3) is 0 Å². The Morgan fingerprint density at radius 3 is 2.78 bits per heavy atom. The lowest BCUT2D eigenvalue weighted by Crippen LogP contribution is -2.38. The van der Waals surface area contributed by atoms with Gasteiger partial charge in [0.15, 0.2) is 0 Å². The average molecular weight is 272 g/mol. The summed E-state index contributed by atoms with van der Waals surface area (Å²) in [7, 11) is 0. The molecule has 0 saturated heterocycles. The molecule has 0 aliphatic carbocycles. The molecule has 0 aliphatic rings. The molecule has 1 heterocycles. The van der Waals surface area contributed by atoms with Gasteiger partial charge < -0.3 is 14.9 Å². The maximum Gasteiger partial charge on any atom is 0.230 e. The van der Waals surface area contributed by atoms with E-state index in [0.29, 0.717) is 11.5 Å². The molecule has 0 unspecified atom stereocenters. The average Bonchev–Trinajstić information content (AvgIpc) is 2.67. The van der Waals surface area contributed by atoms with Crippen LogP contribution in [0.15, 0.2) is 4.52 Å². The number of carbonyl (C=O) groups excluding carboxylic acids is 1. The van der Waals surface area contributed by atoms with Crippen molar-refractivity contribution in [3.05, 3.63) is 17.0 Å². The summed E-state index contributed by atoms with van der Waals surface area (Å²) < 4.78 is 5.06. The first-order valence-electron chi connectivity index (χ1n) is 5.98. The van der Waals surface area contributed by atoms with Crippen molar-refractivity contribution in [1.82, 2.24) is 10.5 Å². The Hall–Kier alpha value is -1.01. The molecule has 0 aliphatic heterocycles. The molecule has 0 aromatic carbocycles. The number of hydrogen-bond donors (Lipinski definition) is 2. The van der Waals surface area contributed by atoms with Crippen molar-refractivity contribution < 1.29 is 14.4 Å². The standard InChI is InChI=1S/C12H20N2O3S/c1-4-10(5-15)13-12(16)7-18-6-11-8(2)14-17-9(11)3/h10,15H,4-7H2,1-3H3,(H,13,16)/t10-/m1/s1. The Labute approximate surface area is 111 Å². The minimum absolute atomic E-state index is 0.0171. The van der Waals surface area contributed by atoms with Crippen LogP contribution in [-0.2, 0) is 10.5 Å². The second-order valence-corrected chi connectivity index (χ2v) is 5.14. The zero-order chi connectivity index (χ0) is 13.5. The largest absolute Gasteiger partial charge is 0.394 e. The number of amides is 1. The van der Waals surface area contributed by atoms with E-state index in [-0.39, 0.29) is 18.6 Å². The van der Waals surface area contributed by atoms with E-state index in [4.69, 9.17) is 9.63 Å². The van der Waals surface area contributed by atoms with Gasteiger partial charge in [-0.2, -0.15) is 0 Å². The van der Waals surface area contributed by atoms with Crippen LogP contribution in [-0.4, -0.2) is 34.6 Å². The van der Waals surface area contributed by atoms with E-state index < -0.39 is 0 Å². The predicted molar refractivity (Wildman–Crippen MR) is 71.4 cm³/mol. The second kappa shape index (κ2) is 7.43. The van der Waals surface area contributed by atoms with E-state index in [1.807, 2.05) is 20.8 Å². The minimum atomic E-state index is -0.142. The van der Waals surface area contributed by atoms with Crippen LogP contribution >= 0.6 is 11.8 Å². The van der Waals surface area contributed by atoms with Crippen molar-refractivity contribution in [2.24, 2.45) is 0 Å². The molecule has 0 saturated carbocycles. The maximum absolute atomic E-state index is 11.6. The summed E-state index contributed by atoms with van der Waals surface area (Å²) in [6, 6.07) is -0.142. The lowest BCUT2D eigenvalue weighted by atomic mass is 10.2. The number of aliphatic hydroxyl groups excluding tert-OH is 1. The highest BCUT2D eigenvalue weighted by atomic mass is 32.2. The molecule has 1 atom stereocenters. The van der Waals surface area contributed by atoms with E-state index in [2.05, 4.69) is 10.5 Å². The van der Waals surface area contributed by atoms with Crippen molar-refractivity contribution in [2.75, 3.05) is 12.4 Å². The Morgan fingerprint density at radius 2 is 2.28 bits per heavy atom. The highest BCUT2D eigenvalue weighted by Crippen LogP contribution is 2.19. The smallest absolute Gasteiger partial charge is 0.230 e. The van der Waals surface area contributed by atoms with Gasteiger partial charge in [-0.05, 0) is 20.3 Å². The Bertz CT molecular complexity index is 369. The summed E-state index contributed by atoms with van der Waals surface area (Å²) in [4.78, 5) is 11.6. The number of thioether (sulfide) groups is 1. The fraction of sp³-hybridized carbons (Fsp3) is 0.667. The van der Waals surface area contributed by atoms with E-state index in [0.717, 1.165) is 23.4 Å². The summed E-state index contributed by atoms with van der Waals surface area (Å²) in [6.45, 7) is 5.68. The predicted octanol–water partition coefficient (Wildman–Crippen LogP) is 1.41. The molecule has 0 fully saturated rings. The third-order valence-electron chi connectivity index (χ3n) is 2.74. The quantitative estimate of drug-likeness (QED) is 0.785. The third-order valence-corrected chi connectivity index (χ3v) is 3.70. The van der Waals surface area contributed by atoms with Crippen molar-refractivity contribution in [3.63, 3.8) is 0 Å². The zero-order valence-electron chi connectivity index (χ0n) is 11.0. The van der Waals surface area contributed by atoms with Crippen LogP contribution in [0.5, 0.6) is 0 Å². The molecule has 102 valence electrons. The van der Waals surface area contributed by atoms with Crippen molar-refractivity contribution in [1.29, 1.82) is 0 Å². The molecule has 1 amide bonds. The van der Waals surface area contributed by atoms with Gasteiger partial charge in [0.25, 0.3) is 0 Å². The molecule has 2 N–H and O–H groups in total. The monoisotopic (exact) mass is 272 g/mol. The summed E-state index contributed by atoms with van der Waals surface area (Å²) in [5, 5.41) is 15.6. The molecule has 6 heteroatoms. The van der Waals surface area contributed by atoms with E-state index in [9.17, 15) is 4.79 Å². The molecule has 1 rings (SSSR count). The summed E-state index contributed by atoms with van der Waals surface area (Å²) in [6.07, 6.45) is 0.733. The van der Waals surface area contributed by atoms with Gasteiger partial charge in [-0.1, -0.05) is 12.1 Å². The van der Waals surface area contributed by atoms with Crippen LogP contribution in [0.3, 0.4) is 0 Å². The first-order chi connectivity index (χ1) is 8.58. The molecular formula is C12H20N2O3S. The fourth-order valence-corrected chi connectivity index (χ4v) is 2.49. The lowest BCUT2D eigenvalue weighted by molar-refractivity contribution is -0.119. The first-order valence-corrected chi connectivity index (χ1v) is 7.13. The van der Waals surface area contributed by atoms with E-state index >= 15 is 0 Å². The summed E-state index contributed by atoms with van der Waals surface area (Å²) in [5.74, 6) is 1.85. The number of rotatable bonds is 7. The van der Waals surface area contributed by atoms with E-state index in [1.54, 1.807) is 0 Å². The number of hydrogen-bond acceptors (Lipinski definition) is 5. The fourth-order valence-electron chi connectivity index (χ4n) is 1.50. The third kappa shape index (κ3) is 4.34. The zero-order valence-corrected chi connectivity index (χ0v) is 11.8. The van der Waals surface area contributed by atoms with E-state index in [1.165, 1.54) is 11.8 Å². The molecule has 18 heavy (non-hydrogen) atoms. The molecule has 0 radical (unpaired) electrons. The number of aryl methyl sites for hydroxylation is 2. The SMILES string of the molecule is CC[C@H](CO)NC(=O)CSCc1c(C)noc1C. The minimum Gasteiger partial charge on any atom is -0.394 e. The number of nitrogens with one attached hydrogen (secondary N) is 1. The Morgan fingerprint density at radius 1 is 1.56 bits per heavy atom. The van der Waals surface area contributed by atoms with Gasteiger partial charge >= 0.3 is 0 Å². The Balaban J connectivity index is 2.32. The van der Waals surface area contributed by atoms with Crippen LogP contribution in [0.4, 0.5) is 0 Å². The number of aliphatic hydroxyl groups is 1. The molecular weight excluding hydrogens is 252 g/mol. The second-order valence-electron chi connectivity index (χ2n) is 4.15. The molecule has 1 aromatic heterocycles. The highest BCUT2D eigenvalue weighted by molar-refractivity contribution is 7.99. The normalized spacial score (nSPS) is 12.4. The number of nitrogens with zero attached hydrogens (tertiary/aromatic N) is 1. The van der Waals surface area contributed by atoms with Crippen LogP contribution in [0.1, 0.15) is 30.4 Å². The van der Waals surface area contributed by atoms with Gasteiger partial charge in [0.2, 0.25) is 5.91 Å². The lowest BCUT2D eigenvalue weighted by Gasteiger charge is -2.13. The van der Waals surface area contributed by atoms with Gasteiger partial charge in [-0.15, -0.1) is 11.8 Å². The molecule has 1 aromatic rings. The first kappa shape index (κ1) is 15.0. The summed E-state index contributed by atoms with van der Waals surface area (Å²) >= 11 is 1.52. The Kier molecular flexibility index (Phi) is 6.21. The van der Waals surface area contributed by atoms with Gasteiger partial charge in [0.1, 0.15) is 5.76 Å². The maximum atomic E-state index is 11.6. The number of aromatic nitrogens is 1. The van der Waals surface area contributed by atoms with Gasteiger partial charge in [0.05, 0.1) is 24.1 Å². The van der Waals surface area contributed by atoms with Gasteiger partial charge in [-0.3, -0.25) is 4.79 Å². The molecule has 5 nitrogen and oxygen atoms in total. The number of carbonyl (C=O) groups is 1. The van der Waals surface area contributed by atoms with Crippen LogP contribution in [0, 0.1) is 13.8 Å². The topological polar surface area (TPSA) is 75.4 Å².